The predicted octanol–water partition coefficient (Wildman–Crippen LogP) is 4.15. The summed E-state index contributed by atoms with van der Waals surface area (Å²) in [6.45, 7) is 2.87. The average molecular weight is 389 g/mol. The second kappa shape index (κ2) is 8.00. The van der Waals surface area contributed by atoms with E-state index in [-0.39, 0.29) is 11.5 Å². The van der Waals surface area contributed by atoms with Crippen LogP contribution < -0.4 is 5.32 Å². The molecular formula is C20H20FNO4S. The second-order valence-electron chi connectivity index (χ2n) is 6.51. The van der Waals surface area contributed by atoms with Gasteiger partial charge in [-0.2, -0.15) is 0 Å². The number of nitrogens with one attached hydrogen (secondary N) is 1. The molecule has 1 N–H and O–H groups in total. The van der Waals surface area contributed by atoms with Crippen molar-refractivity contribution in [2.75, 3.05) is 5.32 Å². The summed E-state index contributed by atoms with van der Waals surface area (Å²) in [4.78, 5) is 37.8. The van der Waals surface area contributed by atoms with Crippen molar-refractivity contribution in [2.45, 2.75) is 45.6 Å². The fourth-order valence-electron chi connectivity index (χ4n) is 3.15. The molecule has 2 aromatic rings. The molecule has 1 heterocycles. The van der Waals surface area contributed by atoms with Crippen LogP contribution in [0.15, 0.2) is 24.3 Å². The van der Waals surface area contributed by atoms with Gasteiger partial charge >= 0.3 is 5.97 Å². The Balaban J connectivity index is 1.82. The Bertz CT molecular complexity index is 888. The molecule has 0 bridgehead atoms. The van der Waals surface area contributed by atoms with Gasteiger partial charge in [0, 0.05) is 17.4 Å². The highest BCUT2D eigenvalue weighted by molar-refractivity contribution is 7.17. The van der Waals surface area contributed by atoms with Crippen LogP contribution in [0, 0.1) is 5.82 Å². The van der Waals surface area contributed by atoms with Crippen LogP contribution in [0.2, 0.25) is 0 Å². The van der Waals surface area contributed by atoms with E-state index in [0.717, 1.165) is 36.1 Å². The molecule has 5 nitrogen and oxygen atoms in total. The number of benzene rings is 1. The number of hydrogen-bond acceptors (Lipinski definition) is 5. The topological polar surface area (TPSA) is 72.5 Å². The number of anilines is 1. The third kappa shape index (κ3) is 4.24. The van der Waals surface area contributed by atoms with Crippen molar-refractivity contribution >= 4 is 34.0 Å². The van der Waals surface area contributed by atoms with Crippen molar-refractivity contribution in [1.82, 2.24) is 0 Å². The number of amides is 1. The maximum Gasteiger partial charge on any atom is 0.342 e. The van der Waals surface area contributed by atoms with Gasteiger partial charge in [-0.3, -0.25) is 9.59 Å². The van der Waals surface area contributed by atoms with Crippen LogP contribution in [0.5, 0.6) is 0 Å². The predicted molar refractivity (Wildman–Crippen MR) is 101 cm³/mol. The van der Waals surface area contributed by atoms with Gasteiger partial charge in [-0.15, -0.1) is 11.3 Å². The molecule has 1 atom stereocenters. The first-order valence-corrected chi connectivity index (χ1v) is 9.61. The second-order valence-corrected chi connectivity index (χ2v) is 7.62. The third-order valence-corrected chi connectivity index (χ3v) is 5.65. The van der Waals surface area contributed by atoms with Gasteiger partial charge < -0.3 is 10.1 Å². The Morgan fingerprint density at radius 2 is 1.81 bits per heavy atom. The van der Waals surface area contributed by atoms with Crippen LogP contribution in [0.3, 0.4) is 0 Å². The molecule has 0 unspecified atom stereocenters. The van der Waals surface area contributed by atoms with E-state index in [9.17, 15) is 18.8 Å². The monoisotopic (exact) mass is 389 g/mol. The van der Waals surface area contributed by atoms with Crippen LogP contribution in [0.1, 0.15) is 57.8 Å². The number of hydrogen-bond donors (Lipinski definition) is 1. The van der Waals surface area contributed by atoms with Gasteiger partial charge in [0.25, 0.3) is 0 Å². The lowest BCUT2D eigenvalue weighted by Gasteiger charge is -2.15. The van der Waals surface area contributed by atoms with E-state index in [4.69, 9.17) is 4.74 Å². The maximum atomic E-state index is 13.0. The number of esters is 1. The van der Waals surface area contributed by atoms with Gasteiger partial charge in [0.15, 0.2) is 6.10 Å². The van der Waals surface area contributed by atoms with Crippen molar-refractivity contribution in [3.05, 3.63) is 51.7 Å². The molecule has 142 valence electrons. The summed E-state index contributed by atoms with van der Waals surface area (Å²) in [6.07, 6.45) is 2.60. The molecule has 0 saturated heterocycles. The SMILES string of the molecule is CC(=O)Nc1sc2c(c1C(=O)O[C@H](C)C(=O)c1ccc(F)cc1)CCCC2. The first-order valence-electron chi connectivity index (χ1n) is 8.79. The minimum Gasteiger partial charge on any atom is -0.451 e. The number of ether oxygens (including phenoxy) is 1. The zero-order valence-electron chi connectivity index (χ0n) is 15.1. The van der Waals surface area contributed by atoms with E-state index < -0.39 is 23.7 Å². The van der Waals surface area contributed by atoms with Crippen LogP contribution in [-0.4, -0.2) is 23.8 Å². The van der Waals surface area contributed by atoms with Gasteiger partial charge in [0.2, 0.25) is 11.7 Å². The number of ketones is 1. The number of rotatable bonds is 5. The van der Waals surface area contributed by atoms with Crippen LogP contribution in [0.25, 0.3) is 0 Å². The molecular weight excluding hydrogens is 369 g/mol. The lowest BCUT2D eigenvalue weighted by atomic mass is 9.95. The summed E-state index contributed by atoms with van der Waals surface area (Å²) in [6, 6.07) is 5.09. The van der Waals surface area contributed by atoms with E-state index in [1.165, 1.54) is 49.4 Å². The third-order valence-electron chi connectivity index (χ3n) is 4.45. The van der Waals surface area contributed by atoms with E-state index in [0.29, 0.717) is 10.6 Å². The van der Waals surface area contributed by atoms with E-state index in [2.05, 4.69) is 5.32 Å². The number of carbonyl (C=O) groups excluding carboxylic acids is 3. The van der Waals surface area contributed by atoms with Crippen molar-refractivity contribution in [1.29, 1.82) is 0 Å². The van der Waals surface area contributed by atoms with Crippen molar-refractivity contribution in [3.63, 3.8) is 0 Å². The van der Waals surface area contributed by atoms with E-state index in [1.54, 1.807) is 0 Å². The summed E-state index contributed by atoms with van der Waals surface area (Å²) in [5, 5.41) is 3.18. The Kier molecular flexibility index (Phi) is 5.70. The first-order chi connectivity index (χ1) is 12.9. The quantitative estimate of drug-likeness (QED) is 0.616. The highest BCUT2D eigenvalue weighted by Gasteiger charge is 2.29. The van der Waals surface area contributed by atoms with Gasteiger partial charge in [0.05, 0.1) is 5.56 Å². The number of thiophene rings is 1. The van der Waals surface area contributed by atoms with Crippen LogP contribution in [0.4, 0.5) is 9.39 Å². The Morgan fingerprint density at radius 3 is 2.48 bits per heavy atom. The maximum absolute atomic E-state index is 13.0. The number of carbonyl (C=O) groups is 3. The van der Waals surface area contributed by atoms with Crippen molar-refractivity contribution < 1.29 is 23.5 Å². The minimum absolute atomic E-state index is 0.266. The normalized spacial score (nSPS) is 14.2. The number of fused-ring (bicyclic) bond motifs is 1. The first kappa shape index (κ1) is 19.2. The fraction of sp³-hybridized carbons (Fsp3) is 0.350. The zero-order valence-corrected chi connectivity index (χ0v) is 16.0. The highest BCUT2D eigenvalue weighted by atomic mass is 32.1. The average Bonchev–Trinajstić information content (AvgIpc) is 2.98. The molecule has 1 aliphatic rings. The summed E-state index contributed by atoms with van der Waals surface area (Å²) in [5.41, 5.74) is 1.52. The van der Waals surface area contributed by atoms with Crippen LogP contribution in [-0.2, 0) is 22.4 Å². The summed E-state index contributed by atoms with van der Waals surface area (Å²) in [7, 11) is 0. The molecule has 7 heteroatoms. The lowest BCUT2D eigenvalue weighted by Crippen LogP contribution is -2.25. The molecule has 1 aromatic carbocycles. The summed E-state index contributed by atoms with van der Waals surface area (Å²) < 4.78 is 18.4. The Morgan fingerprint density at radius 1 is 1.15 bits per heavy atom. The standard InChI is InChI=1S/C20H20FNO4S/c1-11(18(24)13-7-9-14(21)10-8-13)26-20(25)17-15-5-3-4-6-16(15)27-19(17)22-12(2)23/h7-11H,3-6H2,1-2H3,(H,22,23)/t11-/m1/s1. The van der Waals surface area contributed by atoms with E-state index >= 15 is 0 Å². The van der Waals surface area contributed by atoms with Gasteiger partial charge in [-0.05, 0) is 62.4 Å². The Hall–Kier alpha value is -2.54. The molecule has 0 radical (unpaired) electrons. The number of halogens is 1. The lowest BCUT2D eigenvalue weighted by molar-refractivity contribution is -0.114. The molecule has 0 saturated carbocycles. The fourth-order valence-corrected chi connectivity index (χ4v) is 4.48. The van der Waals surface area contributed by atoms with Gasteiger partial charge in [-0.1, -0.05) is 0 Å². The zero-order chi connectivity index (χ0) is 19.6. The number of aryl methyl sites for hydroxylation is 1. The minimum atomic E-state index is -1.02. The Labute approximate surface area is 160 Å². The molecule has 1 amide bonds. The molecule has 0 fully saturated rings. The molecule has 3 rings (SSSR count). The molecule has 1 aliphatic carbocycles. The van der Waals surface area contributed by atoms with Crippen LogP contribution >= 0.6 is 11.3 Å². The molecule has 0 aliphatic heterocycles. The summed E-state index contributed by atoms with van der Waals surface area (Å²) >= 11 is 1.39. The van der Waals surface area contributed by atoms with Gasteiger partial charge in [0.1, 0.15) is 10.8 Å². The molecule has 0 spiro atoms. The van der Waals surface area contributed by atoms with Crippen molar-refractivity contribution in [3.8, 4) is 0 Å². The highest BCUT2D eigenvalue weighted by Crippen LogP contribution is 2.38. The number of Topliss-reactive ketones (excluding diaryl/α,β-unsaturated/α-hetero) is 1. The van der Waals surface area contributed by atoms with Gasteiger partial charge in [-0.25, -0.2) is 9.18 Å². The summed E-state index contributed by atoms with van der Waals surface area (Å²) in [5.74, 6) is -1.74. The smallest absolute Gasteiger partial charge is 0.342 e. The molecule has 27 heavy (non-hydrogen) atoms. The van der Waals surface area contributed by atoms with Crippen molar-refractivity contribution in [2.24, 2.45) is 0 Å². The van der Waals surface area contributed by atoms with E-state index in [1.807, 2.05) is 0 Å². The largest absolute Gasteiger partial charge is 0.451 e. The molecule has 1 aromatic heterocycles.